The first-order valence-electron chi connectivity index (χ1n) is 13.7. The van der Waals surface area contributed by atoms with Crippen LogP contribution in [0.15, 0.2) is 53.8 Å². The minimum atomic E-state index is -0.827. The lowest BCUT2D eigenvalue weighted by atomic mass is 10.2. The van der Waals surface area contributed by atoms with Crippen LogP contribution in [-0.2, 0) is 25.8 Å². The molecule has 0 saturated carbocycles. The summed E-state index contributed by atoms with van der Waals surface area (Å²) in [6.07, 6.45) is 8.97. The normalized spacial score (nSPS) is 11.1. The zero-order valence-corrected chi connectivity index (χ0v) is 27.7. The van der Waals surface area contributed by atoms with Gasteiger partial charge in [0.25, 0.3) is 6.73 Å². The predicted molar refractivity (Wildman–Crippen MR) is 157 cm³/mol. The first-order valence-corrected chi connectivity index (χ1v) is 14.1. The number of hydrogen-bond acceptors (Lipinski definition) is 8. The van der Waals surface area contributed by atoms with Crippen LogP contribution in [0.25, 0.3) is 0 Å². The molecule has 0 atom stereocenters. The molecule has 1 amide bonds. The molecule has 0 fully saturated rings. The highest BCUT2D eigenvalue weighted by atomic mass is 127. The zero-order chi connectivity index (χ0) is 30.8. The van der Waals surface area contributed by atoms with Gasteiger partial charge in [-0.05, 0) is 57.9 Å². The molecular weight excluding hydrogens is 691 g/mol. The van der Waals surface area contributed by atoms with Crippen molar-refractivity contribution in [2.24, 2.45) is 10.7 Å². The van der Waals surface area contributed by atoms with E-state index < -0.39 is 11.8 Å². The number of nitriles is 1. The molecule has 0 bridgehead atoms. The maximum absolute atomic E-state index is 11.9. The van der Waals surface area contributed by atoms with Gasteiger partial charge in [0.2, 0.25) is 18.6 Å². The second kappa shape index (κ2) is 20.5. The molecule has 14 heteroatoms. The first kappa shape index (κ1) is 37.7. The Labute approximate surface area is 275 Å². The number of anilines is 1. The van der Waals surface area contributed by atoms with Gasteiger partial charge in [-0.25, -0.2) is 9.86 Å². The maximum Gasteiger partial charge on any atom is 0.513 e. The Morgan fingerprint density at radius 1 is 1.02 bits per heavy atom. The van der Waals surface area contributed by atoms with Crippen LogP contribution in [0.3, 0.4) is 0 Å². The standard InChI is InChI=1S/C29H40ClN6O6.HI/c1-29(2,3)42-35(22-37)15-8-20-40-28(38)41-23-34-17-13-25(14-18-34)36(27(32)33-21-31)16-6-4-5-7-19-39-26-11-9-24(30)10-12-26;/h9-14,17-18,22H,4-8,15-16,19-20,23H2,1-3H3,(H2,32,33);1H/q+1;/p-1. The van der Waals surface area contributed by atoms with Crippen molar-refractivity contribution in [1.29, 1.82) is 5.26 Å². The molecule has 0 aliphatic heterocycles. The lowest BCUT2D eigenvalue weighted by Crippen LogP contribution is -3.00. The van der Waals surface area contributed by atoms with Crippen LogP contribution in [0.4, 0.5) is 10.5 Å². The Morgan fingerprint density at radius 2 is 1.70 bits per heavy atom. The number of carbonyl (C=O) groups is 2. The summed E-state index contributed by atoms with van der Waals surface area (Å²) in [6.45, 7) is 6.97. The fourth-order valence-electron chi connectivity index (χ4n) is 3.67. The summed E-state index contributed by atoms with van der Waals surface area (Å²) in [7, 11) is 0. The topological polar surface area (TPSA) is 144 Å². The SMILES string of the molecule is CC(C)(C)ON(C=O)CCCOC(=O)OC[n+]1ccc(N(CCCCCCOc2ccc(Cl)cc2)C(N)=NC#N)cc1.[I-]. The summed E-state index contributed by atoms with van der Waals surface area (Å²) in [5, 5.41) is 10.8. The fourth-order valence-corrected chi connectivity index (χ4v) is 3.79. The number of halogens is 2. The quantitative estimate of drug-likeness (QED) is 0.0295. The van der Waals surface area contributed by atoms with Gasteiger partial charge < -0.3 is 48.8 Å². The zero-order valence-electron chi connectivity index (χ0n) is 24.8. The predicted octanol–water partition coefficient (Wildman–Crippen LogP) is 1.56. The summed E-state index contributed by atoms with van der Waals surface area (Å²) in [5.74, 6) is 0.890. The number of carbonyl (C=O) groups excluding carboxylic acids is 2. The number of benzene rings is 1. The molecule has 2 aromatic rings. The smallest absolute Gasteiger partial charge is 0.513 e. The molecule has 1 aromatic heterocycles. The highest BCUT2D eigenvalue weighted by Crippen LogP contribution is 2.17. The van der Waals surface area contributed by atoms with Gasteiger partial charge in [-0.1, -0.05) is 24.4 Å². The Balaban J connectivity index is 0.00000924. The second-order valence-corrected chi connectivity index (χ2v) is 10.6. The largest absolute Gasteiger partial charge is 1.00 e. The lowest BCUT2D eigenvalue weighted by molar-refractivity contribution is -0.727. The van der Waals surface area contributed by atoms with Gasteiger partial charge in [-0.3, -0.25) is 9.63 Å². The first-order chi connectivity index (χ1) is 20.1. The number of nitrogens with zero attached hydrogens (tertiary/aromatic N) is 5. The summed E-state index contributed by atoms with van der Waals surface area (Å²) in [6, 6.07) is 10.9. The van der Waals surface area contributed by atoms with E-state index in [0.29, 0.717) is 31.0 Å². The Hall–Kier alpha value is -3.35. The minimum absolute atomic E-state index is 0. The molecule has 2 N–H and O–H groups in total. The van der Waals surface area contributed by atoms with Crippen molar-refractivity contribution >= 4 is 35.8 Å². The maximum atomic E-state index is 11.9. The number of pyridine rings is 1. The average Bonchev–Trinajstić information content (AvgIpc) is 2.96. The number of ether oxygens (including phenoxy) is 3. The summed E-state index contributed by atoms with van der Waals surface area (Å²) in [5.41, 5.74) is 6.29. The van der Waals surface area contributed by atoms with Crippen LogP contribution in [0.1, 0.15) is 52.9 Å². The van der Waals surface area contributed by atoms with Gasteiger partial charge in [0.05, 0.1) is 31.0 Å². The number of guanidine groups is 1. The third-order valence-corrected chi connectivity index (χ3v) is 5.82. The van der Waals surface area contributed by atoms with Gasteiger partial charge in [0.15, 0.2) is 12.4 Å². The lowest BCUT2D eigenvalue weighted by Gasteiger charge is -2.26. The number of nitrogens with two attached hydrogens (primary N) is 1. The van der Waals surface area contributed by atoms with Crippen molar-refractivity contribution in [3.8, 4) is 11.9 Å². The van der Waals surface area contributed by atoms with E-state index in [0.717, 1.165) is 37.1 Å². The van der Waals surface area contributed by atoms with E-state index in [9.17, 15) is 9.59 Å². The van der Waals surface area contributed by atoms with E-state index >= 15 is 0 Å². The molecule has 0 unspecified atom stereocenters. The number of aromatic nitrogens is 1. The van der Waals surface area contributed by atoms with E-state index in [2.05, 4.69) is 4.99 Å². The Morgan fingerprint density at radius 3 is 2.33 bits per heavy atom. The molecule has 2 rings (SSSR count). The third kappa shape index (κ3) is 16.2. The van der Waals surface area contributed by atoms with Crippen molar-refractivity contribution in [3.63, 3.8) is 0 Å². The van der Waals surface area contributed by atoms with E-state index in [1.54, 1.807) is 52.3 Å². The van der Waals surface area contributed by atoms with Crippen LogP contribution in [0, 0.1) is 11.5 Å². The minimum Gasteiger partial charge on any atom is -1.00 e. The molecule has 236 valence electrons. The van der Waals surface area contributed by atoms with Crippen molar-refractivity contribution < 1.29 is 57.2 Å². The van der Waals surface area contributed by atoms with Gasteiger partial charge in [-0.15, -0.1) is 4.99 Å². The molecule has 43 heavy (non-hydrogen) atoms. The van der Waals surface area contributed by atoms with Gasteiger partial charge in [0.1, 0.15) is 5.75 Å². The fraction of sp³-hybridized carbons (Fsp3) is 0.483. The Bertz CT molecular complexity index is 1170. The molecule has 12 nitrogen and oxygen atoms in total. The van der Waals surface area contributed by atoms with Crippen LogP contribution in [0.2, 0.25) is 5.02 Å². The molecular formula is C29H40ClIN6O6. The number of rotatable bonds is 17. The monoisotopic (exact) mass is 730 g/mol. The summed E-state index contributed by atoms with van der Waals surface area (Å²) in [4.78, 5) is 33.9. The van der Waals surface area contributed by atoms with E-state index in [-0.39, 0.29) is 49.8 Å². The number of aliphatic imine (C=N–C) groups is 1. The molecule has 0 saturated heterocycles. The van der Waals surface area contributed by atoms with Crippen LogP contribution in [0.5, 0.6) is 5.75 Å². The number of hydrogen-bond donors (Lipinski definition) is 1. The number of amides is 1. The molecule has 1 aromatic carbocycles. The Kier molecular flexibility index (Phi) is 18.0. The number of hydroxylamine groups is 2. The molecule has 0 radical (unpaired) electrons. The van der Waals surface area contributed by atoms with Crippen molar-refractivity contribution in [2.45, 2.75) is 65.2 Å². The van der Waals surface area contributed by atoms with Gasteiger partial charge >= 0.3 is 6.16 Å². The summed E-state index contributed by atoms with van der Waals surface area (Å²) < 4.78 is 17.6. The number of unbranched alkanes of at least 4 members (excludes halogenated alkanes) is 3. The van der Waals surface area contributed by atoms with Gasteiger partial charge in [0, 0.05) is 30.1 Å². The van der Waals surface area contributed by atoms with Crippen LogP contribution >= 0.6 is 11.6 Å². The van der Waals surface area contributed by atoms with Crippen molar-refractivity contribution in [1.82, 2.24) is 5.06 Å². The van der Waals surface area contributed by atoms with Crippen LogP contribution < -0.4 is 43.9 Å². The highest BCUT2D eigenvalue weighted by Gasteiger charge is 2.17. The van der Waals surface area contributed by atoms with Crippen molar-refractivity contribution in [3.05, 3.63) is 53.8 Å². The summed E-state index contributed by atoms with van der Waals surface area (Å²) >= 11 is 5.89. The van der Waals surface area contributed by atoms with E-state index in [1.807, 2.05) is 32.9 Å². The molecule has 1 heterocycles. The van der Waals surface area contributed by atoms with E-state index in [1.165, 1.54) is 5.06 Å². The molecule has 0 aliphatic rings. The van der Waals surface area contributed by atoms with Crippen LogP contribution in [-0.4, -0.2) is 55.5 Å². The third-order valence-electron chi connectivity index (χ3n) is 5.57. The second-order valence-electron chi connectivity index (χ2n) is 10.2. The highest BCUT2D eigenvalue weighted by molar-refractivity contribution is 6.30. The molecule has 0 spiro atoms. The van der Waals surface area contributed by atoms with Crippen molar-refractivity contribution in [2.75, 3.05) is 31.2 Å². The molecule has 0 aliphatic carbocycles. The van der Waals surface area contributed by atoms with E-state index in [4.69, 9.17) is 41.6 Å². The van der Waals surface area contributed by atoms with Gasteiger partial charge in [-0.2, -0.15) is 9.83 Å². The average molecular weight is 731 g/mol.